The maximum Gasteiger partial charge on any atom is 0.220 e. The van der Waals surface area contributed by atoms with E-state index in [0.717, 1.165) is 61.7 Å². The van der Waals surface area contributed by atoms with E-state index in [1.165, 1.54) is 33.4 Å². The van der Waals surface area contributed by atoms with Gasteiger partial charge in [0.25, 0.3) is 0 Å². The summed E-state index contributed by atoms with van der Waals surface area (Å²) in [6.45, 7) is 0. The summed E-state index contributed by atoms with van der Waals surface area (Å²) in [5.41, 5.74) is 18.3. The summed E-state index contributed by atoms with van der Waals surface area (Å²) in [6, 6.07) is 82.2. The average Bonchev–Trinajstić information content (AvgIpc) is 3.85. The number of para-hydroxylation sites is 4. The Bertz CT molecular complexity index is 3200. The van der Waals surface area contributed by atoms with Gasteiger partial charge in [-0.1, -0.05) is 158 Å². The molecule has 0 spiro atoms. The number of imidazole rings is 2. The van der Waals surface area contributed by atoms with Gasteiger partial charge in [-0.05, 0) is 117 Å². The van der Waals surface area contributed by atoms with E-state index in [1.54, 1.807) is 0 Å². The van der Waals surface area contributed by atoms with Crippen molar-refractivity contribution < 1.29 is 0 Å². The first kappa shape index (κ1) is 34.3. The molecule has 0 N–H and O–H groups in total. The van der Waals surface area contributed by atoms with Crippen LogP contribution >= 0.6 is 0 Å². The summed E-state index contributed by atoms with van der Waals surface area (Å²) < 4.78 is 4.54. The van der Waals surface area contributed by atoms with E-state index in [2.05, 4.69) is 244 Å². The predicted molar refractivity (Wildman–Crippen MR) is 246 cm³/mol. The minimum absolute atomic E-state index is 0.909. The van der Waals surface area contributed by atoms with Gasteiger partial charge >= 0.3 is 0 Å². The molecule has 0 radical (unpaired) electrons. The monoisotopic (exact) mass is 754 g/mol. The fourth-order valence-electron chi connectivity index (χ4n) is 8.38. The molecule has 0 amide bonds. The van der Waals surface area contributed by atoms with Gasteiger partial charge in [-0.3, -0.25) is 8.97 Å². The van der Waals surface area contributed by atoms with Gasteiger partial charge in [0.2, 0.25) is 5.78 Å². The van der Waals surface area contributed by atoms with Crippen molar-refractivity contribution >= 4 is 44.9 Å². The number of hydrogen-bond donors (Lipinski definition) is 0. The molecule has 0 aliphatic carbocycles. The van der Waals surface area contributed by atoms with Gasteiger partial charge in [-0.15, -0.1) is 0 Å². The highest BCUT2D eigenvalue weighted by Gasteiger charge is 2.18. The van der Waals surface area contributed by atoms with E-state index in [4.69, 9.17) is 4.98 Å². The molecule has 0 saturated heterocycles. The summed E-state index contributed by atoms with van der Waals surface area (Å²) in [6.07, 6.45) is 0. The van der Waals surface area contributed by atoms with Gasteiger partial charge in [0.1, 0.15) is 0 Å². The predicted octanol–water partition coefficient (Wildman–Crippen LogP) is 14.6. The van der Waals surface area contributed by atoms with Crippen LogP contribution in [0.4, 0.5) is 17.1 Å². The molecule has 4 nitrogen and oxygen atoms in total. The molecule has 278 valence electrons. The molecular formula is C55H38N4. The van der Waals surface area contributed by atoms with Gasteiger partial charge in [0.05, 0.1) is 22.1 Å². The molecule has 4 heteroatoms. The lowest BCUT2D eigenvalue weighted by Gasteiger charge is -2.26. The van der Waals surface area contributed by atoms with E-state index >= 15 is 0 Å². The third-order valence-corrected chi connectivity index (χ3v) is 11.4. The number of rotatable bonds is 8. The van der Waals surface area contributed by atoms with Gasteiger partial charge in [0, 0.05) is 22.7 Å². The van der Waals surface area contributed by atoms with Crippen molar-refractivity contribution in [3.05, 3.63) is 231 Å². The molecule has 0 aliphatic rings. The van der Waals surface area contributed by atoms with Crippen LogP contribution < -0.4 is 4.90 Å². The molecule has 0 bridgehead atoms. The molecule has 11 aromatic rings. The first-order valence-electron chi connectivity index (χ1n) is 20.0. The van der Waals surface area contributed by atoms with Crippen LogP contribution in [-0.2, 0) is 0 Å². The molecule has 9 aromatic carbocycles. The lowest BCUT2D eigenvalue weighted by atomic mass is 9.98. The van der Waals surface area contributed by atoms with E-state index in [-0.39, 0.29) is 0 Å². The average molecular weight is 755 g/mol. The summed E-state index contributed by atoms with van der Waals surface area (Å²) in [4.78, 5) is 7.41. The summed E-state index contributed by atoms with van der Waals surface area (Å²) in [7, 11) is 0. The smallest absolute Gasteiger partial charge is 0.220 e. The Labute approximate surface area is 343 Å². The fourth-order valence-corrected chi connectivity index (χ4v) is 8.38. The van der Waals surface area contributed by atoms with Crippen molar-refractivity contribution in [2.24, 2.45) is 0 Å². The van der Waals surface area contributed by atoms with Gasteiger partial charge in [-0.2, -0.15) is 0 Å². The zero-order chi connectivity index (χ0) is 39.1. The highest BCUT2D eigenvalue weighted by atomic mass is 15.2. The minimum Gasteiger partial charge on any atom is -0.311 e. The van der Waals surface area contributed by atoms with Gasteiger partial charge in [-0.25, -0.2) is 4.98 Å². The lowest BCUT2D eigenvalue weighted by Crippen LogP contribution is -2.09. The van der Waals surface area contributed by atoms with Crippen molar-refractivity contribution in [1.82, 2.24) is 14.0 Å². The minimum atomic E-state index is 0.909. The van der Waals surface area contributed by atoms with Crippen LogP contribution in [-0.4, -0.2) is 14.0 Å². The van der Waals surface area contributed by atoms with Crippen LogP contribution in [0, 0.1) is 0 Å². The van der Waals surface area contributed by atoms with Crippen molar-refractivity contribution in [2.45, 2.75) is 0 Å². The number of hydrogen-bond acceptors (Lipinski definition) is 2. The molecule has 2 heterocycles. The second-order valence-corrected chi connectivity index (χ2v) is 14.9. The van der Waals surface area contributed by atoms with Crippen molar-refractivity contribution in [1.29, 1.82) is 0 Å². The lowest BCUT2D eigenvalue weighted by molar-refractivity contribution is 1.11. The van der Waals surface area contributed by atoms with Crippen LogP contribution in [0.1, 0.15) is 0 Å². The van der Waals surface area contributed by atoms with Gasteiger partial charge < -0.3 is 4.90 Å². The first-order chi connectivity index (χ1) is 29.2. The largest absolute Gasteiger partial charge is 0.311 e. The zero-order valence-electron chi connectivity index (χ0n) is 32.2. The third kappa shape index (κ3) is 6.24. The molecule has 0 unspecified atom stereocenters. The Hall–Kier alpha value is -7.95. The molecular weight excluding hydrogens is 717 g/mol. The van der Waals surface area contributed by atoms with E-state index in [0.29, 0.717) is 0 Å². The Morgan fingerprint density at radius 1 is 0.305 bits per heavy atom. The molecule has 11 rings (SSSR count). The second-order valence-electron chi connectivity index (χ2n) is 14.9. The van der Waals surface area contributed by atoms with Crippen LogP contribution in [0.3, 0.4) is 0 Å². The summed E-state index contributed by atoms with van der Waals surface area (Å²) in [5.74, 6) is 0.909. The summed E-state index contributed by atoms with van der Waals surface area (Å²) in [5, 5.41) is 0. The SMILES string of the molecule is c1ccc(-c2ccc(-c3ccc(-c4ccc(N(c5ccccc5)c5ccc(-c6ccc7c(c6)n6c8ccccc8nc6n7-c6ccccc6)cc5)cc4)cc3)cc2)cc1. The maximum atomic E-state index is 5.09. The number of aromatic nitrogens is 3. The number of nitrogens with zero attached hydrogens (tertiary/aromatic N) is 4. The van der Waals surface area contributed by atoms with Crippen LogP contribution in [0.5, 0.6) is 0 Å². The Morgan fingerprint density at radius 2 is 0.712 bits per heavy atom. The Balaban J connectivity index is 0.895. The zero-order valence-corrected chi connectivity index (χ0v) is 32.2. The van der Waals surface area contributed by atoms with Gasteiger partial charge in [0.15, 0.2) is 0 Å². The van der Waals surface area contributed by atoms with Crippen LogP contribution in [0.15, 0.2) is 231 Å². The first-order valence-corrected chi connectivity index (χ1v) is 20.0. The fraction of sp³-hybridized carbons (Fsp3) is 0. The molecule has 0 atom stereocenters. The number of benzene rings is 9. The number of anilines is 3. The Kier molecular flexibility index (Phi) is 8.45. The van der Waals surface area contributed by atoms with E-state index < -0.39 is 0 Å². The number of fused-ring (bicyclic) bond motifs is 5. The van der Waals surface area contributed by atoms with Crippen molar-refractivity contribution in [3.8, 4) is 50.2 Å². The molecule has 0 aliphatic heterocycles. The molecule has 59 heavy (non-hydrogen) atoms. The topological polar surface area (TPSA) is 25.5 Å². The molecule has 0 fully saturated rings. The highest BCUT2D eigenvalue weighted by molar-refractivity contribution is 5.94. The van der Waals surface area contributed by atoms with E-state index in [9.17, 15) is 0 Å². The van der Waals surface area contributed by atoms with Crippen molar-refractivity contribution in [3.63, 3.8) is 0 Å². The standard InChI is InChI=1S/C55H38N4/c1-4-12-39(13-5-1)40-20-22-41(23-21-40)42-24-26-43(27-25-42)44-28-33-49(34-29-44)57(47-14-6-2-7-15-47)50-35-30-45(31-36-50)46-32-37-53-54(38-46)59-52-19-11-10-18-51(52)56-55(59)58(53)48-16-8-3-9-17-48/h1-38H. The second kappa shape index (κ2) is 14.5. The highest BCUT2D eigenvalue weighted by Crippen LogP contribution is 2.38. The third-order valence-electron chi connectivity index (χ3n) is 11.4. The van der Waals surface area contributed by atoms with E-state index in [1.807, 2.05) is 0 Å². The Morgan fingerprint density at radius 3 is 1.27 bits per heavy atom. The maximum absolute atomic E-state index is 5.09. The van der Waals surface area contributed by atoms with Crippen molar-refractivity contribution in [2.75, 3.05) is 4.90 Å². The summed E-state index contributed by atoms with van der Waals surface area (Å²) >= 11 is 0. The molecule has 0 saturated carbocycles. The van der Waals surface area contributed by atoms with Crippen LogP contribution in [0.25, 0.3) is 78.0 Å². The normalized spacial score (nSPS) is 11.4. The molecule has 2 aromatic heterocycles. The quantitative estimate of drug-likeness (QED) is 0.154. The van der Waals surface area contributed by atoms with Crippen LogP contribution in [0.2, 0.25) is 0 Å².